The molecule has 0 fully saturated rings. The van der Waals surface area contributed by atoms with Crippen LogP contribution in [0.5, 0.6) is 0 Å². The van der Waals surface area contributed by atoms with Gasteiger partial charge >= 0.3 is 11.9 Å². The molecule has 19 heavy (non-hydrogen) atoms. The van der Waals surface area contributed by atoms with E-state index >= 15 is 0 Å². The highest BCUT2D eigenvalue weighted by molar-refractivity contribution is 7.89. The van der Waals surface area contributed by atoms with Crippen molar-refractivity contribution in [2.24, 2.45) is 0 Å². The predicted molar refractivity (Wildman–Crippen MR) is 66.1 cm³/mol. The average Bonchev–Trinajstić information content (AvgIpc) is 2.33. The molecule has 0 aliphatic heterocycles. The highest BCUT2D eigenvalue weighted by Gasteiger charge is 2.24. The summed E-state index contributed by atoms with van der Waals surface area (Å²) in [6, 6.07) is -1.36. The van der Waals surface area contributed by atoms with Crippen LogP contribution in [-0.4, -0.2) is 57.6 Å². The van der Waals surface area contributed by atoms with Crippen molar-refractivity contribution in [1.82, 2.24) is 4.72 Å². The molecule has 0 heterocycles. The second-order valence-electron chi connectivity index (χ2n) is 3.64. The van der Waals surface area contributed by atoms with E-state index in [1.165, 1.54) is 7.11 Å². The molecule has 0 aromatic heterocycles. The maximum absolute atomic E-state index is 11.6. The Morgan fingerprint density at radius 1 is 1.37 bits per heavy atom. The van der Waals surface area contributed by atoms with Crippen LogP contribution >= 0.6 is 0 Å². The number of nitrogens with one attached hydrogen (secondary N) is 1. The maximum atomic E-state index is 11.6. The number of carbonyl (C=O) groups is 2. The predicted octanol–water partition coefficient (Wildman–Crippen LogP) is -0.651. The van der Waals surface area contributed by atoms with Gasteiger partial charge in [0.2, 0.25) is 10.0 Å². The van der Waals surface area contributed by atoms with Gasteiger partial charge < -0.3 is 14.6 Å². The van der Waals surface area contributed by atoms with E-state index in [-0.39, 0.29) is 25.2 Å². The summed E-state index contributed by atoms with van der Waals surface area (Å²) in [5.74, 6) is -2.27. The molecule has 112 valence electrons. The molecule has 0 aliphatic rings. The van der Waals surface area contributed by atoms with Crippen LogP contribution in [0.2, 0.25) is 0 Å². The smallest absolute Gasteiger partial charge is 0.321 e. The molecule has 0 saturated carbocycles. The minimum Gasteiger partial charge on any atom is -0.480 e. The summed E-state index contributed by atoms with van der Waals surface area (Å²) < 4.78 is 34.4. The Bertz CT molecular complexity index is 393. The van der Waals surface area contributed by atoms with Gasteiger partial charge in [0.25, 0.3) is 0 Å². The van der Waals surface area contributed by atoms with E-state index in [9.17, 15) is 18.0 Å². The van der Waals surface area contributed by atoms with Crippen molar-refractivity contribution in [1.29, 1.82) is 0 Å². The molecule has 0 aromatic rings. The standard InChI is InChI=1S/C10H19NO7S/c1-3-18-6-7-19(15,16)11-8(10(13)14)4-5-9(12)17-2/h8,11H,3-7H2,1-2H3,(H,13,14)/t8-/m1/s1. The van der Waals surface area contributed by atoms with Gasteiger partial charge in [-0.25, -0.2) is 13.1 Å². The topological polar surface area (TPSA) is 119 Å². The van der Waals surface area contributed by atoms with E-state index in [0.717, 1.165) is 0 Å². The van der Waals surface area contributed by atoms with E-state index < -0.39 is 28.0 Å². The van der Waals surface area contributed by atoms with Gasteiger partial charge in [0.05, 0.1) is 19.5 Å². The van der Waals surface area contributed by atoms with Crippen molar-refractivity contribution in [3.8, 4) is 0 Å². The van der Waals surface area contributed by atoms with Crippen LogP contribution in [-0.2, 0) is 29.1 Å². The summed E-state index contributed by atoms with van der Waals surface area (Å²) in [5.41, 5.74) is 0. The third-order valence-corrected chi connectivity index (χ3v) is 3.53. The fourth-order valence-corrected chi connectivity index (χ4v) is 2.29. The zero-order valence-electron chi connectivity index (χ0n) is 10.9. The summed E-state index contributed by atoms with van der Waals surface area (Å²) in [4.78, 5) is 21.8. The maximum Gasteiger partial charge on any atom is 0.321 e. The van der Waals surface area contributed by atoms with Gasteiger partial charge in [0.15, 0.2) is 0 Å². The molecule has 0 amide bonds. The first-order chi connectivity index (χ1) is 8.82. The average molecular weight is 297 g/mol. The van der Waals surface area contributed by atoms with Gasteiger partial charge in [-0.3, -0.25) is 9.59 Å². The summed E-state index contributed by atoms with van der Waals surface area (Å²) in [7, 11) is -2.59. The molecule has 1 atom stereocenters. The fourth-order valence-electron chi connectivity index (χ4n) is 1.19. The summed E-state index contributed by atoms with van der Waals surface area (Å²) >= 11 is 0. The van der Waals surface area contributed by atoms with Crippen LogP contribution in [0.3, 0.4) is 0 Å². The minimum atomic E-state index is -3.76. The first kappa shape index (κ1) is 17.8. The summed E-state index contributed by atoms with van der Waals surface area (Å²) in [6.07, 6.45) is -0.350. The number of carbonyl (C=O) groups excluding carboxylic acids is 1. The first-order valence-electron chi connectivity index (χ1n) is 5.69. The van der Waals surface area contributed by atoms with Crippen molar-refractivity contribution in [3.05, 3.63) is 0 Å². The lowest BCUT2D eigenvalue weighted by molar-refractivity contribution is -0.142. The summed E-state index contributed by atoms with van der Waals surface area (Å²) in [6.45, 7) is 2.08. The van der Waals surface area contributed by atoms with Crippen molar-refractivity contribution < 1.29 is 32.6 Å². The second kappa shape index (κ2) is 8.83. The Hall–Kier alpha value is -1.19. The van der Waals surface area contributed by atoms with Gasteiger partial charge in [-0.1, -0.05) is 0 Å². The van der Waals surface area contributed by atoms with E-state index in [4.69, 9.17) is 9.84 Å². The zero-order valence-corrected chi connectivity index (χ0v) is 11.7. The zero-order chi connectivity index (χ0) is 14.9. The van der Waals surface area contributed by atoms with Crippen molar-refractivity contribution >= 4 is 22.0 Å². The van der Waals surface area contributed by atoms with Crippen molar-refractivity contribution in [2.45, 2.75) is 25.8 Å². The molecule has 0 radical (unpaired) electrons. The molecular formula is C10H19NO7S. The van der Waals surface area contributed by atoms with Crippen LogP contribution < -0.4 is 4.72 Å². The highest BCUT2D eigenvalue weighted by atomic mass is 32.2. The van der Waals surface area contributed by atoms with E-state index in [0.29, 0.717) is 6.61 Å². The van der Waals surface area contributed by atoms with Crippen LogP contribution in [0.25, 0.3) is 0 Å². The molecule has 8 nitrogen and oxygen atoms in total. The van der Waals surface area contributed by atoms with E-state index in [2.05, 4.69) is 4.74 Å². The lowest BCUT2D eigenvalue weighted by Crippen LogP contribution is -2.42. The lowest BCUT2D eigenvalue weighted by atomic mass is 10.2. The Balaban J connectivity index is 4.40. The minimum absolute atomic E-state index is 0.0187. The number of carboxylic acids is 1. The van der Waals surface area contributed by atoms with Crippen LogP contribution in [0.15, 0.2) is 0 Å². The molecular weight excluding hydrogens is 278 g/mol. The van der Waals surface area contributed by atoms with Crippen molar-refractivity contribution in [3.63, 3.8) is 0 Å². The molecule has 0 saturated heterocycles. The van der Waals surface area contributed by atoms with Crippen LogP contribution in [0.1, 0.15) is 19.8 Å². The molecule has 0 aliphatic carbocycles. The lowest BCUT2D eigenvalue weighted by Gasteiger charge is -2.14. The van der Waals surface area contributed by atoms with E-state index in [1.54, 1.807) is 6.92 Å². The SMILES string of the molecule is CCOCCS(=O)(=O)N[C@H](CCC(=O)OC)C(=O)O. The van der Waals surface area contributed by atoms with Gasteiger partial charge in [-0.15, -0.1) is 0 Å². The molecule has 2 N–H and O–H groups in total. The number of ether oxygens (including phenoxy) is 2. The molecule has 0 rings (SSSR count). The number of methoxy groups -OCH3 is 1. The summed E-state index contributed by atoms with van der Waals surface area (Å²) in [5, 5.41) is 8.88. The highest BCUT2D eigenvalue weighted by Crippen LogP contribution is 2.02. The largest absolute Gasteiger partial charge is 0.480 e. The number of hydrogen-bond donors (Lipinski definition) is 2. The monoisotopic (exact) mass is 297 g/mol. The van der Waals surface area contributed by atoms with Crippen molar-refractivity contribution in [2.75, 3.05) is 26.1 Å². The molecule has 0 unspecified atom stereocenters. The third kappa shape index (κ3) is 8.51. The fraction of sp³-hybridized carbons (Fsp3) is 0.800. The van der Waals surface area contributed by atoms with Gasteiger partial charge in [0, 0.05) is 13.0 Å². The van der Waals surface area contributed by atoms with Crippen LogP contribution in [0, 0.1) is 0 Å². The first-order valence-corrected chi connectivity index (χ1v) is 7.35. The Morgan fingerprint density at radius 3 is 2.47 bits per heavy atom. The second-order valence-corrected chi connectivity index (χ2v) is 5.51. The number of hydrogen-bond acceptors (Lipinski definition) is 6. The van der Waals surface area contributed by atoms with Gasteiger partial charge in [-0.2, -0.15) is 0 Å². The Kier molecular flexibility index (Phi) is 8.28. The quantitative estimate of drug-likeness (QED) is 0.406. The van der Waals surface area contributed by atoms with Crippen LogP contribution in [0.4, 0.5) is 0 Å². The normalized spacial score (nSPS) is 12.9. The number of esters is 1. The molecule has 0 bridgehead atoms. The number of carboxylic acid groups (broad SMARTS) is 1. The number of rotatable bonds is 10. The van der Waals surface area contributed by atoms with Gasteiger partial charge in [0.1, 0.15) is 6.04 Å². The van der Waals surface area contributed by atoms with Gasteiger partial charge in [-0.05, 0) is 13.3 Å². The Morgan fingerprint density at radius 2 is 2.00 bits per heavy atom. The van der Waals surface area contributed by atoms with E-state index in [1.807, 2.05) is 4.72 Å². The molecule has 0 spiro atoms. The number of aliphatic carboxylic acids is 1. The third-order valence-electron chi connectivity index (χ3n) is 2.19. The molecule has 9 heteroatoms. The Labute approximate surface area is 112 Å². The number of sulfonamides is 1. The molecule has 0 aromatic carbocycles.